The Kier molecular flexibility index (Phi) is 4.98. The predicted octanol–water partition coefficient (Wildman–Crippen LogP) is 5.11. The number of H-pyrrole nitrogens is 1. The SMILES string of the molecule is O=C(O)c1cc2[nH]c(-c3ccc(C4Cc5ccccc5O4)cc3)c(C3CCCCC3)c(=O)n2n1. The number of carboxylic acid groups (broad SMARTS) is 1. The summed E-state index contributed by atoms with van der Waals surface area (Å²) in [6, 6.07) is 17.7. The second-order valence-electron chi connectivity index (χ2n) is 9.23. The summed E-state index contributed by atoms with van der Waals surface area (Å²) >= 11 is 0. The molecule has 2 N–H and O–H groups in total. The minimum Gasteiger partial charge on any atom is -0.485 e. The van der Waals surface area contributed by atoms with Crippen molar-refractivity contribution in [3.05, 3.63) is 87.3 Å². The molecule has 2 aliphatic rings. The van der Waals surface area contributed by atoms with Crippen molar-refractivity contribution in [2.24, 2.45) is 0 Å². The van der Waals surface area contributed by atoms with Gasteiger partial charge >= 0.3 is 5.97 Å². The molecule has 4 aromatic rings. The Morgan fingerprint density at radius 3 is 2.56 bits per heavy atom. The molecule has 0 saturated heterocycles. The van der Waals surface area contributed by atoms with Crippen LogP contribution in [0.4, 0.5) is 0 Å². The van der Waals surface area contributed by atoms with Gasteiger partial charge in [-0.05, 0) is 41.5 Å². The largest absolute Gasteiger partial charge is 0.485 e. The summed E-state index contributed by atoms with van der Waals surface area (Å²) in [5, 5.41) is 13.4. The van der Waals surface area contributed by atoms with E-state index in [1.807, 2.05) is 30.3 Å². The van der Waals surface area contributed by atoms with E-state index in [9.17, 15) is 14.7 Å². The normalized spacial score (nSPS) is 18.1. The van der Waals surface area contributed by atoms with Crippen LogP contribution in [0.1, 0.15) is 71.3 Å². The second kappa shape index (κ2) is 8.17. The zero-order valence-electron chi connectivity index (χ0n) is 18.7. The zero-order valence-corrected chi connectivity index (χ0v) is 18.7. The van der Waals surface area contributed by atoms with E-state index in [1.165, 1.54) is 22.6 Å². The maximum absolute atomic E-state index is 13.5. The molecule has 2 aromatic heterocycles. The average Bonchev–Trinajstić information content (AvgIpc) is 3.49. The van der Waals surface area contributed by atoms with Crippen LogP contribution in [0, 0.1) is 0 Å². The third kappa shape index (κ3) is 3.48. The van der Waals surface area contributed by atoms with Crippen LogP contribution in [0.3, 0.4) is 0 Å². The van der Waals surface area contributed by atoms with Crippen LogP contribution in [-0.4, -0.2) is 25.7 Å². The molecule has 0 radical (unpaired) electrons. The molecule has 7 heteroatoms. The average molecular weight is 456 g/mol. The van der Waals surface area contributed by atoms with Crippen LogP contribution in [0.25, 0.3) is 16.9 Å². The fourth-order valence-electron chi connectivity index (χ4n) is 5.38. The summed E-state index contributed by atoms with van der Waals surface area (Å²) in [6.07, 6.45) is 6.04. The van der Waals surface area contributed by atoms with E-state index in [1.54, 1.807) is 0 Å². The molecule has 1 unspecified atom stereocenters. The van der Waals surface area contributed by atoms with Gasteiger partial charge in [-0.25, -0.2) is 4.79 Å². The molecular weight excluding hydrogens is 430 g/mol. The number of nitrogens with one attached hydrogen (secondary N) is 1. The van der Waals surface area contributed by atoms with Crippen LogP contribution in [0.15, 0.2) is 59.4 Å². The first-order valence-corrected chi connectivity index (χ1v) is 11.8. The van der Waals surface area contributed by atoms with E-state index in [0.29, 0.717) is 11.2 Å². The topological polar surface area (TPSA) is 96.7 Å². The summed E-state index contributed by atoms with van der Waals surface area (Å²) in [6.45, 7) is 0. The van der Waals surface area contributed by atoms with Gasteiger partial charge < -0.3 is 14.8 Å². The Bertz CT molecular complexity index is 1420. The van der Waals surface area contributed by atoms with Crippen molar-refractivity contribution in [2.75, 3.05) is 0 Å². The highest BCUT2D eigenvalue weighted by molar-refractivity contribution is 5.86. The lowest BCUT2D eigenvalue weighted by Crippen LogP contribution is -2.25. The predicted molar refractivity (Wildman–Crippen MR) is 128 cm³/mol. The summed E-state index contributed by atoms with van der Waals surface area (Å²) in [7, 11) is 0. The van der Waals surface area contributed by atoms with Gasteiger partial charge in [0.15, 0.2) is 5.69 Å². The number of carboxylic acids is 1. The van der Waals surface area contributed by atoms with Crippen LogP contribution >= 0.6 is 0 Å². The number of carbonyl (C=O) groups is 1. The molecule has 1 saturated carbocycles. The van der Waals surface area contributed by atoms with Gasteiger partial charge in [0.1, 0.15) is 17.5 Å². The summed E-state index contributed by atoms with van der Waals surface area (Å²) in [5.74, 6) is -0.0955. The highest BCUT2D eigenvalue weighted by atomic mass is 16.5. The quantitative estimate of drug-likeness (QED) is 0.446. The van der Waals surface area contributed by atoms with Crippen LogP contribution < -0.4 is 10.3 Å². The lowest BCUT2D eigenvalue weighted by atomic mass is 9.82. The molecule has 3 heterocycles. The Labute approximate surface area is 196 Å². The first-order valence-electron chi connectivity index (χ1n) is 11.8. The smallest absolute Gasteiger partial charge is 0.356 e. The minimum atomic E-state index is -1.15. The van der Waals surface area contributed by atoms with Crippen LogP contribution in [0.5, 0.6) is 5.75 Å². The molecule has 7 nitrogen and oxygen atoms in total. The lowest BCUT2D eigenvalue weighted by molar-refractivity contribution is 0.0690. The van der Waals surface area contributed by atoms with Gasteiger partial charge in [0.05, 0.1) is 5.69 Å². The van der Waals surface area contributed by atoms with Crippen LogP contribution in [-0.2, 0) is 6.42 Å². The molecule has 0 amide bonds. The fraction of sp³-hybridized carbons (Fsp3) is 0.296. The molecular formula is C27H25N3O4. The monoisotopic (exact) mass is 455 g/mol. The number of hydrogen-bond acceptors (Lipinski definition) is 4. The summed E-state index contributed by atoms with van der Waals surface area (Å²) in [5.41, 5.74) is 4.65. The summed E-state index contributed by atoms with van der Waals surface area (Å²) < 4.78 is 7.34. The number of hydrogen-bond donors (Lipinski definition) is 2. The van der Waals surface area contributed by atoms with Gasteiger partial charge in [0.25, 0.3) is 5.56 Å². The number of benzene rings is 2. The van der Waals surface area contributed by atoms with E-state index in [0.717, 1.165) is 54.7 Å². The van der Waals surface area contributed by atoms with Crippen molar-refractivity contribution < 1.29 is 14.6 Å². The van der Waals surface area contributed by atoms with Crippen molar-refractivity contribution >= 4 is 11.6 Å². The van der Waals surface area contributed by atoms with Crippen LogP contribution in [0.2, 0.25) is 0 Å². The maximum Gasteiger partial charge on any atom is 0.356 e. The molecule has 0 spiro atoms. The Morgan fingerprint density at radius 2 is 1.82 bits per heavy atom. The first-order chi connectivity index (χ1) is 16.6. The minimum absolute atomic E-state index is 0.0289. The van der Waals surface area contributed by atoms with E-state index < -0.39 is 5.97 Å². The van der Waals surface area contributed by atoms with Gasteiger partial charge in [-0.3, -0.25) is 4.79 Å². The third-order valence-corrected chi connectivity index (χ3v) is 7.11. The van der Waals surface area contributed by atoms with E-state index in [4.69, 9.17) is 4.74 Å². The van der Waals surface area contributed by atoms with Crippen molar-refractivity contribution in [2.45, 2.75) is 50.5 Å². The molecule has 6 rings (SSSR count). The van der Waals surface area contributed by atoms with Crippen molar-refractivity contribution in [3.63, 3.8) is 0 Å². The Balaban J connectivity index is 1.42. The van der Waals surface area contributed by atoms with Gasteiger partial charge in [-0.2, -0.15) is 9.61 Å². The third-order valence-electron chi connectivity index (χ3n) is 7.11. The molecule has 1 aliphatic heterocycles. The van der Waals surface area contributed by atoms with E-state index in [-0.39, 0.29) is 23.3 Å². The molecule has 2 aromatic carbocycles. The number of aromatic amines is 1. The van der Waals surface area contributed by atoms with Gasteiger partial charge in [0.2, 0.25) is 0 Å². The van der Waals surface area contributed by atoms with E-state index >= 15 is 0 Å². The Hall–Kier alpha value is -3.87. The van der Waals surface area contributed by atoms with Crippen molar-refractivity contribution in [3.8, 4) is 17.0 Å². The highest BCUT2D eigenvalue weighted by Gasteiger charge is 2.27. The fourth-order valence-corrected chi connectivity index (χ4v) is 5.38. The van der Waals surface area contributed by atoms with Gasteiger partial charge in [-0.1, -0.05) is 61.7 Å². The number of ether oxygens (including phenoxy) is 1. The number of fused-ring (bicyclic) bond motifs is 2. The molecule has 172 valence electrons. The number of para-hydroxylation sites is 1. The lowest BCUT2D eigenvalue weighted by Gasteiger charge is -2.24. The second-order valence-corrected chi connectivity index (χ2v) is 9.23. The summed E-state index contributed by atoms with van der Waals surface area (Å²) in [4.78, 5) is 28.3. The zero-order chi connectivity index (χ0) is 23.2. The Morgan fingerprint density at radius 1 is 1.06 bits per heavy atom. The van der Waals surface area contributed by atoms with E-state index in [2.05, 4.69) is 28.3 Å². The molecule has 1 atom stereocenters. The number of rotatable bonds is 4. The van der Waals surface area contributed by atoms with Crippen molar-refractivity contribution in [1.29, 1.82) is 0 Å². The molecule has 0 bridgehead atoms. The molecule has 34 heavy (non-hydrogen) atoms. The van der Waals surface area contributed by atoms with Crippen molar-refractivity contribution in [1.82, 2.24) is 14.6 Å². The van der Waals surface area contributed by atoms with Gasteiger partial charge in [0, 0.05) is 18.1 Å². The maximum atomic E-state index is 13.5. The molecule has 1 fully saturated rings. The van der Waals surface area contributed by atoms with Gasteiger partial charge in [-0.15, -0.1) is 0 Å². The number of nitrogens with zero attached hydrogens (tertiary/aromatic N) is 2. The number of aromatic carboxylic acids is 1. The number of aromatic nitrogens is 3. The molecule has 1 aliphatic carbocycles. The first kappa shape index (κ1) is 20.7. The standard InChI is InChI=1S/C27H25N3O4/c31-26-24(17-6-2-1-3-7-17)25(28-23-15-20(27(32)33)29-30(23)26)18-12-10-16(11-13-18)22-14-19-8-4-5-9-21(19)34-22/h4-5,8-13,15,17,22,28H,1-3,6-7,14H2,(H,32,33). The highest BCUT2D eigenvalue weighted by Crippen LogP contribution is 2.38.